The van der Waals surface area contributed by atoms with E-state index < -0.39 is 12.0 Å². The molecule has 5 heteroatoms. The first-order valence-electron chi connectivity index (χ1n) is 7.31. The molecule has 0 aromatic heterocycles. The van der Waals surface area contributed by atoms with Gasteiger partial charge in [-0.15, -0.1) is 0 Å². The van der Waals surface area contributed by atoms with Crippen molar-refractivity contribution in [1.29, 1.82) is 0 Å². The lowest BCUT2D eigenvalue weighted by atomic mass is 10.0. The Labute approximate surface area is 125 Å². The summed E-state index contributed by atoms with van der Waals surface area (Å²) in [7, 11) is 0. The van der Waals surface area contributed by atoms with Crippen molar-refractivity contribution in [3.8, 4) is 0 Å². The zero-order chi connectivity index (χ0) is 15.4. The van der Waals surface area contributed by atoms with E-state index in [9.17, 15) is 14.7 Å². The molecule has 1 unspecified atom stereocenters. The fourth-order valence-corrected chi connectivity index (χ4v) is 2.70. The number of anilines is 1. The highest BCUT2D eigenvalue weighted by Crippen LogP contribution is 2.19. The number of benzene rings is 1. The van der Waals surface area contributed by atoms with E-state index in [-0.39, 0.29) is 12.5 Å². The first-order valence-corrected chi connectivity index (χ1v) is 7.31. The van der Waals surface area contributed by atoms with Gasteiger partial charge in [0.25, 0.3) is 0 Å². The van der Waals surface area contributed by atoms with E-state index in [4.69, 9.17) is 0 Å². The molecule has 0 saturated carbocycles. The SMILES string of the molecule is Cc1ccc(C)c(NC(=O)CN2CCCCC2C(=O)O)c1. The van der Waals surface area contributed by atoms with Gasteiger partial charge in [-0.1, -0.05) is 18.6 Å². The third kappa shape index (κ3) is 4.04. The molecule has 1 saturated heterocycles. The maximum Gasteiger partial charge on any atom is 0.320 e. The molecule has 1 amide bonds. The van der Waals surface area contributed by atoms with E-state index >= 15 is 0 Å². The summed E-state index contributed by atoms with van der Waals surface area (Å²) in [5, 5.41) is 12.1. The molecule has 0 radical (unpaired) electrons. The molecule has 1 heterocycles. The second-order valence-electron chi connectivity index (χ2n) is 5.69. The zero-order valence-corrected chi connectivity index (χ0v) is 12.6. The number of nitrogens with zero attached hydrogens (tertiary/aromatic N) is 1. The fraction of sp³-hybridized carbons (Fsp3) is 0.500. The summed E-state index contributed by atoms with van der Waals surface area (Å²) in [6.07, 6.45) is 2.47. The minimum Gasteiger partial charge on any atom is -0.480 e. The predicted octanol–water partition coefficient (Wildman–Crippen LogP) is 2.18. The first-order chi connectivity index (χ1) is 9.97. The van der Waals surface area contributed by atoms with E-state index in [1.165, 1.54) is 0 Å². The van der Waals surface area contributed by atoms with Crippen molar-refractivity contribution in [2.45, 2.75) is 39.2 Å². The molecule has 0 spiro atoms. The number of hydrogen-bond acceptors (Lipinski definition) is 3. The van der Waals surface area contributed by atoms with Gasteiger partial charge >= 0.3 is 5.97 Å². The Morgan fingerprint density at radius 2 is 2.10 bits per heavy atom. The lowest BCUT2D eigenvalue weighted by Gasteiger charge is -2.32. The smallest absolute Gasteiger partial charge is 0.320 e. The van der Waals surface area contributed by atoms with Gasteiger partial charge in [-0.25, -0.2) is 0 Å². The second kappa shape index (κ2) is 6.72. The standard InChI is InChI=1S/C16H22N2O3/c1-11-6-7-12(2)13(9-11)17-15(19)10-18-8-4-3-5-14(18)16(20)21/h6-7,9,14H,3-5,8,10H2,1-2H3,(H,17,19)(H,20,21). The normalized spacial score (nSPS) is 19.2. The zero-order valence-electron chi connectivity index (χ0n) is 12.6. The van der Waals surface area contributed by atoms with Gasteiger partial charge in [0, 0.05) is 5.69 Å². The molecule has 2 N–H and O–H groups in total. The topological polar surface area (TPSA) is 69.6 Å². The lowest BCUT2D eigenvalue weighted by Crippen LogP contribution is -2.47. The first kappa shape index (κ1) is 15.5. The summed E-state index contributed by atoms with van der Waals surface area (Å²) in [5.74, 6) is -0.994. The van der Waals surface area contributed by atoms with Gasteiger partial charge in [0.05, 0.1) is 6.54 Å². The Morgan fingerprint density at radius 3 is 2.81 bits per heavy atom. The van der Waals surface area contributed by atoms with Crippen molar-refractivity contribution in [2.24, 2.45) is 0 Å². The Bertz CT molecular complexity index is 542. The predicted molar refractivity (Wildman–Crippen MR) is 81.4 cm³/mol. The minimum atomic E-state index is -0.839. The van der Waals surface area contributed by atoms with Crippen LogP contribution in [-0.4, -0.2) is 41.0 Å². The van der Waals surface area contributed by atoms with E-state index in [0.717, 1.165) is 29.7 Å². The number of rotatable bonds is 4. The molecule has 1 fully saturated rings. The minimum absolute atomic E-state index is 0.129. The van der Waals surface area contributed by atoms with Gasteiger partial charge in [0.2, 0.25) is 5.91 Å². The molecule has 1 aliphatic rings. The van der Waals surface area contributed by atoms with Crippen LogP contribution in [0.5, 0.6) is 0 Å². The average Bonchev–Trinajstić information content (AvgIpc) is 2.43. The fourth-order valence-electron chi connectivity index (χ4n) is 2.70. The number of hydrogen-bond donors (Lipinski definition) is 2. The van der Waals surface area contributed by atoms with Gasteiger partial charge in [-0.05, 0) is 50.4 Å². The number of carbonyl (C=O) groups excluding carboxylic acids is 1. The summed E-state index contributed by atoms with van der Waals surface area (Å²) in [6, 6.07) is 5.35. The Kier molecular flexibility index (Phi) is 4.96. The van der Waals surface area contributed by atoms with E-state index in [1.54, 1.807) is 4.90 Å². The Balaban J connectivity index is 2.00. The third-order valence-electron chi connectivity index (χ3n) is 3.91. The number of likely N-dealkylation sites (tertiary alicyclic amines) is 1. The number of nitrogens with one attached hydrogen (secondary N) is 1. The van der Waals surface area contributed by atoms with E-state index in [0.29, 0.717) is 13.0 Å². The average molecular weight is 290 g/mol. The van der Waals surface area contributed by atoms with Crippen molar-refractivity contribution < 1.29 is 14.7 Å². The van der Waals surface area contributed by atoms with Gasteiger partial charge in [-0.2, -0.15) is 0 Å². The number of amides is 1. The highest BCUT2D eigenvalue weighted by atomic mass is 16.4. The molecule has 114 valence electrons. The van der Waals surface area contributed by atoms with Crippen LogP contribution in [0.1, 0.15) is 30.4 Å². The van der Waals surface area contributed by atoms with Gasteiger partial charge in [0.15, 0.2) is 0 Å². The van der Waals surface area contributed by atoms with Crippen molar-refractivity contribution >= 4 is 17.6 Å². The number of aliphatic carboxylic acids is 1. The Morgan fingerprint density at radius 1 is 1.33 bits per heavy atom. The van der Waals surface area contributed by atoms with Crippen LogP contribution in [0.3, 0.4) is 0 Å². The molecular formula is C16H22N2O3. The van der Waals surface area contributed by atoms with Crippen LogP contribution in [0.25, 0.3) is 0 Å². The van der Waals surface area contributed by atoms with Crippen molar-refractivity contribution in [3.63, 3.8) is 0 Å². The number of carbonyl (C=O) groups is 2. The van der Waals surface area contributed by atoms with Crippen LogP contribution in [0.4, 0.5) is 5.69 Å². The molecule has 1 aromatic carbocycles. The molecule has 21 heavy (non-hydrogen) atoms. The maximum absolute atomic E-state index is 12.2. The summed E-state index contributed by atoms with van der Waals surface area (Å²) in [5.41, 5.74) is 2.88. The van der Waals surface area contributed by atoms with Gasteiger partial charge in [0.1, 0.15) is 6.04 Å². The monoisotopic (exact) mass is 290 g/mol. The molecular weight excluding hydrogens is 268 g/mol. The maximum atomic E-state index is 12.2. The van der Waals surface area contributed by atoms with Crippen LogP contribution in [0.2, 0.25) is 0 Å². The molecule has 1 aromatic rings. The number of carboxylic acids is 1. The molecule has 0 bridgehead atoms. The molecule has 5 nitrogen and oxygen atoms in total. The van der Waals surface area contributed by atoms with Crippen molar-refractivity contribution in [3.05, 3.63) is 29.3 Å². The highest BCUT2D eigenvalue weighted by Gasteiger charge is 2.29. The van der Waals surface area contributed by atoms with Crippen LogP contribution in [-0.2, 0) is 9.59 Å². The van der Waals surface area contributed by atoms with Gasteiger partial charge in [-0.3, -0.25) is 14.5 Å². The summed E-state index contributed by atoms with van der Waals surface area (Å²) in [4.78, 5) is 25.2. The van der Waals surface area contributed by atoms with Crippen LogP contribution in [0, 0.1) is 13.8 Å². The highest BCUT2D eigenvalue weighted by molar-refractivity contribution is 5.93. The molecule has 1 atom stereocenters. The number of aryl methyl sites for hydroxylation is 2. The van der Waals surface area contributed by atoms with Gasteiger partial charge < -0.3 is 10.4 Å². The second-order valence-corrected chi connectivity index (χ2v) is 5.69. The number of carboxylic acid groups (broad SMARTS) is 1. The van der Waals surface area contributed by atoms with Crippen LogP contribution in [0.15, 0.2) is 18.2 Å². The number of piperidine rings is 1. The quantitative estimate of drug-likeness (QED) is 0.891. The largest absolute Gasteiger partial charge is 0.480 e. The summed E-state index contributed by atoms with van der Waals surface area (Å²) >= 11 is 0. The lowest BCUT2D eigenvalue weighted by molar-refractivity contribution is -0.145. The third-order valence-corrected chi connectivity index (χ3v) is 3.91. The van der Waals surface area contributed by atoms with Crippen molar-refractivity contribution in [1.82, 2.24) is 4.90 Å². The molecule has 0 aliphatic carbocycles. The summed E-state index contributed by atoms with van der Waals surface area (Å²) in [6.45, 7) is 4.71. The van der Waals surface area contributed by atoms with Crippen LogP contribution >= 0.6 is 0 Å². The van der Waals surface area contributed by atoms with E-state index in [2.05, 4.69) is 5.32 Å². The van der Waals surface area contributed by atoms with E-state index in [1.807, 2.05) is 32.0 Å². The van der Waals surface area contributed by atoms with Crippen molar-refractivity contribution in [2.75, 3.05) is 18.4 Å². The molecule has 2 rings (SSSR count). The summed E-state index contributed by atoms with van der Waals surface area (Å²) < 4.78 is 0. The van der Waals surface area contributed by atoms with Crippen LogP contribution < -0.4 is 5.32 Å². The molecule has 1 aliphatic heterocycles. The Hall–Kier alpha value is -1.88.